The fourth-order valence-corrected chi connectivity index (χ4v) is 4.92. The van der Waals surface area contributed by atoms with Crippen LogP contribution < -0.4 is 4.72 Å². The Bertz CT molecular complexity index is 936. The van der Waals surface area contributed by atoms with Gasteiger partial charge < -0.3 is 14.5 Å². The van der Waals surface area contributed by atoms with Crippen LogP contribution in [-0.4, -0.2) is 63.0 Å². The molecule has 1 aromatic carbocycles. The van der Waals surface area contributed by atoms with Gasteiger partial charge in [-0.3, -0.25) is 9.52 Å². The van der Waals surface area contributed by atoms with Crippen LogP contribution in [0.15, 0.2) is 46.0 Å². The van der Waals surface area contributed by atoms with E-state index in [1.807, 2.05) is 0 Å². The molecule has 0 unspecified atom stereocenters. The average molecular weight is 424 g/mol. The smallest absolute Gasteiger partial charge is 0.409 e. The number of nitrogens with one attached hydrogen (secondary N) is 1. The van der Waals surface area contributed by atoms with E-state index in [1.165, 1.54) is 6.07 Å². The van der Waals surface area contributed by atoms with E-state index in [-0.39, 0.29) is 21.4 Å². The Labute approximate surface area is 167 Å². The quantitative estimate of drug-likeness (QED) is 0.797. The molecule has 0 saturated carbocycles. The molecule has 0 aliphatic carbocycles. The van der Waals surface area contributed by atoms with Crippen LogP contribution in [0, 0.1) is 0 Å². The van der Waals surface area contributed by atoms with Gasteiger partial charge in [-0.15, -0.1) is 11.3 Å². The van der Waals surface area contributed by atoms with Crippen LogP contribution in [0.4, 0.5) is 10.5 Å². The normalized spacial score (nSPS) is 14.6. The summed E-state index contributed by atoms with van der Waals surface area (Å²) in [4.78, 5) is 27.9. The predicted octanol–water partition coefficient (Wildman–Crippen LogP) is 2.46. The number of para-hydroxylation sites is 1. The Morgan fingerprint density at radius 2 is 1.75 bits per heavy atom. The number of carbonyl (C=O) groups is 2. The van der Waals surface area contributed by atoms with Gasteiger partial charge in [0.05, 0.1) is 17.9 Å². The van der Waals surface area contributed by atoms with E-state index >= 15 is 0 Å². The number of amides is 2. The van der Waals surface area contributed by atoms with Crippen molar-refractivity contribution in [2.75, 3.05) is 37.5 Å². The molecule has 0 radical (unpaired) electrons. The molecule has 0 spiro atoms. The largest absolute Gasteiger partial charge is 0.450 e. The summed E-state index contributed by atoms with van der Waals surface area (Å²) in [6, 6.07) is 9.66. The minimum absolute atomic E-state index is 0.179. The Balaban J connectivity index is 1.73. The molecule has 1 aromatic heterocycles. The minimum atomic E-state index is -3.75. The van der Waals surface area contributed by atoms with Crippen molar-refractivity contribution in [3.05, 3.63) is 47.3 Å². The maximum absolute atomic E-state index is 13.0. The second-order valence-corrected chi connectivity index (χ2v) is 8.92. The summed E-state index contributed by atoms with van der Waals surface area (Å²) >= 11 is 1.10. The van der Waals surface area contributed by atoms with Crippen molar-refractivity contribution in [2.24, 2.45) is 0 Å². The highest BCUT2D eigenvalue weighted by Gasteiger charge is 2.27. The highest BCUT2D eigenvalue weighted by Crippen LogP contribution is 2.24. The van der Waals surface area contributed by atoms with Crippen LogP contribution in [0.5, 0.6) is 0 Å². The summed E-state index contributed by atoms with van der Waals surface area (Å²) in [5.74, 6) is -0.284. The summed E-state index contributed by atoms with van der Waals surface area (Å²) in [6.07, 6.45) is -0.390. The zero-order valence-corrected chi connectivity index (χ0v) is 17.0. The lowest BCUT2D eigenvalue weighted by atomic mass is 10.1. The van der Waals surface area contributed by atoms with E-state index in [2.05, 4.69) is 4.72 Å². The molecule has 150 valence electrons. The Hall–Kier alpha value is -2.59. The average Bonchev–Trinajstić information content (AvgIpc) is 3.24. The molecular weight excluding hydrogens is 402 g/mol. The second-order valence-electron chi connectivity index (χ2n) is 6.06. The molecule has 28 heavy (non-hydrogen) atoms. The molecule has 0 bridgehead atoms. The summed E-state index contributed by atoms with van der Waals surface area (Å²) < 4.78 is 32.7. The molecule has 8 nitrogen and oxygen atoms in total. The number of anilines is 1. The maximum atomic E-state index is 13.0. The van der Waals surface area contributed by atoms with Gasteiger partial charge in [0, 0.05) is 26.2 Å². The number of hydrogen-bond donors (Lipinski definition) is 1. The zero-order valence-electron chi connectivity index (χ0n) is 15.3. The molecule has 0 atom stereocenters. The third-order valence-corrected chi connectivity index (χ3v) is 7.02. The molecule has 1 fully saturated rings. The number of piperazine rings is 1. The van der Waals surface area contributed by atoms with Crippen LogP contribution in [0.3, 0.4) is 0 Å². The standard InChI is InChI=1S/C18H21N3O5S2/c1-2-26-18(23)21-11-9-20(10-12-21)17(22)14-6-3-4-7-15(14)19-28(24,25)16-8-5-13-27-16/h3-8,13,19H,2,9-12H2,1H3. The number of thiophene rings is 1. The van der Waals surface area contributed by atoms with Gasteiger partial charge in [-0.1, -0.05) is 18.2 Å². The van der Waals surface area contributed by atoms with Crippen molar-refractivity contribution >= 4 is 39.0 Å². The molecule has 1 aliphatic rings. The highest BCUT2D eigenvalue weighted by molar-refractivity contribution is 7.94. The topological polar surface area (TPSA) is 96.0 Å². The van der Waals surface area contributed by atoms with Crippen molar-refractivity contribution in [3.8, 4) is 0 Å². The van der Waals surface area contributed by atoms with Gasteiger partial charge in [0.25, 0.3) is 15.9 Å². The fourth-order valence-electron chi connectivity index (χ4n) is 2.85. The van der Waals surface area contributed by atoms with Crippen molar-refractivity contribution in [1.82, 2.24) is 9.80 Å². The van der Waals surface area contributed by atoms with Crippen LogP contribution in [0.25, 0.3) is 0 Å². The molecule has 1 saturated heterocycles. The van der Waals surface area contributed by atoms with Gasteiger partial charge >= 0.3 is 6.09 Å². The number of nitrogens with zero attached hydrogens (tertiary/aromatic N) is 2. The minimum Gasteiger partial charge on any atom is -0.450 e. The number of hydrogen-bond acceptors (Lipinski definition) is 6. The molecule has 3 rings (SSSR count). The number of rotatable bonds is 5. The molecule has 2 aromatic rings. The van der Waals surface area contributed by atoms with Gasteiger partial charge in [0.2, 0.25) is 0 Å². The van der Waals surface area contributed by atoms with E-state index in [0.717, 1.165) is 11.3 Å². The Morgan fingerprint density at radius 1 is 1.07 bits per heavy atom. The lowest BCUT2D eigenvalue weighted by Crippen LogP contribution is -2.50. The van der Waals surface area contributed by atoms with Crippen molar-refractivity contribution in [3.63, 3.8) is 0 Å². The van der Waals surface area contributed by atoms with Crippen LogP contribution >= 0.6 is 11.3 Å². The lowest BCUT2D eigenvalue weighted by Gasteiger charge is -2.34. The first-order chi connectivity index (χ1) is 13.4. The summed E-state index contributed by atoms with van der Waals surface area (Å²) in [5, 5.41) is 1.68. The Kier molecular flexibility index (Phi) is 6.20. The van der Waals surface area contributed by atoms with Crippen molar-refractivity contribution in [2.45, 2.75) is 11.1 Å². The number of sulfonamides is 1. The number of benzene rings is 1. The van der Waals surface area contributed by atoms with Gasteiger partial charge in [0.1, 0.15) is 4.21 Å². The summed E-state index contributed by atoms with van der Waals surface area (Å²) in [6.45, 7) is 3.48. The molecule has 10 heteroatoms. The van der Waals surface area contributed by atoms with Crippen LogP contribution in [0.1, 0.15) is 17.3 Å². The number of carbonyl (C=O) groups excluding carboxylic acids is 2. The van der Waals surface area contributed by atoms with Crippen LogP contribution in [-0.2, 0) is 14.8 Å². The fraction of sp³-hybridized carbons (Fsp3) is 0.333. The molecular formula is C18H21N3O5S2. The first-order valence-electron chi connectivity index (χ1n) is 8.78. The van der Waals surface area contributed by atoms with Gasteiger partial charge in [-0.25, -0.2) is 13.2 Å². The van der Waals surface area contributed by atoms with E-state index in [4.69, 9.17) is 4.74 Å². The SMILES string of the molecule is CCOC(=O)N1CCN(C(=O)c2ccccc2NS(=O)(=O)c2cccs2)CC1. The number of ether oxygens (including phenoxy) is 1. The van der Waals surface area contributed by atoms with Crippen LogP contribution in [0.2, 0.25) is 0 Å². The first-order valence-corrected chi connectivity index (χ1v) is 11.1. The van der Waals surface area contributed by atoms with E-state index in [0.29, 0.717) is 32.8 Å². The van der Waals surface area contributed by atoms with E-state index in [1.54, 1.807) is 52.4 Å². The third-order valence-electron chi connectivity index (χ3n) is 4.25. The van der Waals surface area contributed by atoms with Crippen molar-refractivity contribution in [1.29, 1.82) is 0 Å². The first kappa shape index (κ1) is 20.2. The van der Waals surface area contributed by atoms with Gasteiger partial charge in [-0.2, -0.15) is 0 Å². The lowest BCUT2D eigenvalue weighted by molar-refractivity contribution is 0.0571. The van der Waals surface area contributed by atoms with Gasteiger partial charge in [0.15, 0.2) is 0 Å². The Morgan fingerprint density at radius 3 is 2.39 bits per heavy atom. The highest BCUT2D eigenvalue weighted by atomic mass is 32.2. The molecule has 1 N–H and O–H groups in total. The second kappa shape index (κ2) is 8.61. The summed E-state index contributed by atoms with van der Waals surface area (Å²) in [7, 11) is -3.75. The van der Waals surface area contributed by atoms with E-state index in [9.17, 15) is 18.0 Å². The maximum Gasteiger partial charge on any atom is 0.409 e. The molecule has 1 aliphatic heterocycles. The summed E-state index contributed by atoms with van der Waals surface area (Å²) in [5.41, 5.74) is 0.501. The monoisotopic (exact) mass is 423 g/mol. The zero-order chi connectivity index (χ0) is 20.1. The third kappa shape index (κ3) is 4.45. The molecule has 2 heterocycles. The van der Waals surface area contributed by atoms with Crippen molar-refractivity contribution < 1.29 is 22.7 Å². The predicted molar refractivity (Wildman–Crippen MR) is 106 cm³/mol. The van der Waals surface area contributed by atoms with Gasteiger partial charge in [-0.05, 0) is 30.5 Å². The van der Waals surface area contributed by atoms with E-state index < -0.39 is 16.1 Å². The molecule has 2 amide bonds.